The second-order valence-corrected chi connectivity index (χ2v) is 7.30. The highest BCUT2D eigenvalue weighted by Crippen LogP contribution is 2.24. The maximum absolute atomic E-state index is 12.8. The van der Waals surface area contributed by atoms with Crippen molar-refractivity contribution in [3.05, 3.63) is 70.8 Å². The van der Waals surface area contributed by atoms with E-state index in [1.165, 1.54) is 4.90 Å². The molecule has 4 rings (SSSR count). The SMILES string of the molecule is CNC1CCN(C(=O)c2cccc(CN3C(=O)c4ccccc4C3=O)c2)CC1. The summed E-state index contributed by atoms with van der Waals surface area (Å²) in [5.74, 6) is -0.573. The molecule has 3 amide bonds. The summed E-state index contributed by atoms with van der Waals surface area (Å²) in [6.07, 6.45) is 1.88. The monoisotopic (exact) mass is 377 g/mol. The number of imide groups is 1. The van der Waals surface area contributed by atoms with Gasteiger partial charge in [-0.05, 0) is 49.7 Å². The highest BCUT2D eigenvalue weighted by Gasteiger charge is 2.35. The zero-order valence-electron chi connectivity index (χ0n) is 15.9. The standard InChI is InChI=1S/C22H23N3O3/c1-23-17-9-11-24(12-10-17)20(26)16-6-4-5-15(13-16)14-25-21(27)18-7-2-3-8-19(18)22(25)28/h2-8,13,17,23H,9-12,14H2,1H3. The average Bonchev–Trinajstić information content (AvgIpc) is 2.98. The summed E-state index contributed by atoms with van der Waals surface area (Å²) in [5.41, 5.74) is 2.24. The quantitative estimate of drug-likeness (QED) is 0.830. The Balaban J connectivity index is 1.48. The Morgan fingerprint density at radius 3 is 2.25 bits per heavy atom. The number of fused-ring (bicyclic) bond motifs is 1. The molecular formula is C22H23N3O3. The Labute approximate surface area is 164 Å². The van der Waals surface area contributed by atoms with Gasteiger partial charge in [-0.3, -0.25) is 19.3 Å². The van der Waals surface area contributed by atoms with Crippen LogP contribution < -0.4 is 5.32 Å². The molecular weight excluding hydrogens is 354 g/mol. The van der Waals surface area contributed by atoms with E-state index in [0.717, 1.165) is 31.5 Å². The molecule has 2 aromatic rings. The number of carbonyl (C=O) groups excluding carboxylic acids is 3. The Hall–Kier alpha value is -2.99. The molecule has 144 valence electrons. The van der Waals surface area contributed by atoms with Gasteiger partial charge in [0, 0.05) is 24.7 Å². The molecule has 2 aliphatic heterocycles. The molecule has 0 unspecified atom stereocenters. The van der Waals surface area contributed by atoms with Crippen LogP contribution in [0.3, 0.4) is 0 Å². The van der Waals surface area contributed by atoms with Crippen LogP contribution >= 0.6 is 0 Å². The van der Waals surface area contributed by atoms with E-state index in [2.05, 4.69) is 5.32 Å². The number of hydrogen-bond acceptors (Lipinski definition) is 4. The maximum Gasteiger partial charge on any atom is 0.261 e. The third-order valence-corrected chi connectivity index (χ3v) is 5.58. The van der Waals surface area contributed by atoms with Crippen LogP contribution in [-0.2, 0) is 6.54 Å². The van der Waals surface area contributed by atoms with Crippen LogP contribution in [0.4, 0.5) is 0 Å². The highest BCUT2D eigenvalue weighted by molar-refractivity contribution is 6.21. The van der Waals surface area contributed by atoms with Gasteiger partial charge in [-0.25, -0.2) is 0 Å². The van der Waals surface area contributed by atoms with Crippen molar-refractivity contribution >= 4 is 17.7 Å². The minimum atomic E-state index is -0.286. The first-order chi connectivity index (χ1) is 13.6. The molecule has 2 heterocycles. The molecule has 0 aliphatic carbocycles. The Kier molecular flexibility index (Phi) is 4.96. The first-order valence-electron chi connectivity index (χ1n) is 9.59. The zero-order chi connectivity index (χ0) is 19.7. The van der Waals surface area contributed by atoms with E-state index in [1.54, 1.807) is 42.5 Å². The van der Waals surface area contributed by atoms with Crippen LogP contribution in [0, 0.1) is 0 Å². The van der Waals surface area contributed by atoms with Crippen LogP contribution in [0.1, 0.15) is 49.5 Å². The van der Waals surface area contributed by atoms with Crippen LogP contribution in [0.15, 0.2) is 48.5 Å². The topological polar surface area (TPSA) is 69.7 Å². The fraction of sp³-hybridized carbons (Fsp3) is 0.318. The lowest BCUT2D eigenvalue weighted by molar-refractivity contribution is 0.0642. The molecule has 28 heavy (non-hydrogen) atoms. The predicted octanol–water partition coefficient (Wildman–Crippen LogP) is 2.31. The van der Waals surface area contributed by atoms with Crippen molar-refractivity contribution in [3.8, 4) is 0 Å². The number of rotatable bonds is 4. The summed E-state index contributed by atoms with van der Waals surface area (Å²) in [7, 11) is 1.95. The van der Waals surface area contributed by atoms with Gasteiger partial charge >= 0.3 is 0 Å². The van der Waals surface area contributed by atoms with Crippen molar-refractivity contribution in [2.24, 2.45) is 0 Å². The first kappa shape index (κ1) is 18.4. The van der Waals surface area contributed by atoms with E-state index < -0.39 is 0 Å². The van der Waals surface area contributed by atoms with Gasteiger partial charge in [-0.15, -0.1) is 0 Å². The van der Waals surface area contributed by atoms with E-state index >= 15 is 0 Å². The molecule has 0 radical (unpaired) electrons. The number of nitrogens with zero attached hydrogens (tertiary/aromatic N) is 2. The summed E-state index contributed by atoms with van der Waals surface area (Å²) in [6, 6.07) is 14.5. The lowest BCUT2D eigenvalue weighted by Crippen LogP contribution is -2.44. The Bertz CT molecular complexity index is 897. The largest absolute Gasteiger partial charge is 0.339 e. The summed E-state index contributed by atoms with van der Waals surface area (Å²) >= 11 is 0. The average molecular weight is 377 g/mol. The van der Waals surface area contributed by atoms with E-state index in [9.17, 15) is 14.4 Å². The number of carbonyl (C=O) groups is 3. The van der Waals surface area contributed by atoms with E-state index in [-0.39, 0.29) is 24.3 Å². The minimum absolute atomic E-state index is 0.00114. The smallest absolute Gasteiger partial charge is 0.261 e. The molecule has 1 fully saturated rings. The molecule has 6 heteroatoms. The third-order valence-electron chi connectivity index (χ3n) is 5.58. The number of nitrogens with one attached hydrogen (secondary N) is 1. The van der Waals surface area contributed by atoms with Crippen molar-refractivity contribution < 1.29 is 14.4 Å². The first-order valence-corrected chi connectivity index (χ1v) is 9.59. The Morgan fingerprint density at radius 1 is 1.00 bits per heavy atom. The van der Waals surface area contributed by atoms with Crippen molar-refractivity contribution in [1.82, 2.24) is 15.1 Å². The third kappa shape index (κ3) is 3.31. The number of amides is 3. The molecule has 2 aliphatic rings. The minimum Gasteiger partial charge on any atom is -0.339 e. The zero-order valence-corrected chi connectivity index (χ0v) is 15.9. The van der Waals surface area contributed by atoms with Gasteiger partial charge in [0.15, 0.2) is 0 Å². The summed E-state index contributed by atoms with van der Waals surface area (Å²) in [5, 5.41) is 3.26. The second-order valence-electron chi connectivity index (χ2n) is 7.30. The molecule has 1 N–H and O–H groups in total. The molecule has 0 saturated carbocycles. The molecule has 0 bridgehead atoms. The second kappa shape index (κ2) is 7.56. The lowest BCUT2D eigenvalue weighted by atomic mass is 10.0. The fourth-order valence-corrected chi connectivity index (χ4v) is 3.92. The number of piperidine rings is 1. The van der Waals surface area contributed by atoms with Gasteiger partial charge in [0.1, 0.15) is 0 Å². The van der Waals surface area contributed by atoms with Gasteiger partial charge in [0.25, 0.3) is 17.7 Å². The van der Waals surface area contributed by atoms with E-state index in [4.69, 9.17) is 0 Å². The Morgan fingerprint density at radius 2 is 1.64 bits per heavy atom. The van der Waals surface area contributed by atoms with E-state index in [0.29, 0.717) is 22.7 Å². The van der Waals surface area contributed by atoms with Crippen LogP contribution in [0.2, 0.25) is 0 Å². The molecule has 0 spiro atoms. The highest BCUT2D eigenvalue weighted by atomic mass is 16.2. The van der Waals surface area contributed by atoms with Crippen LogP contribution in [0.25, 0.3) is 0 Å². The molecule has 1 saturated heterocycles. The molecule has 2 aromatic carbocycles. The number of likely N-dealkylation sites (tertiary alicyclic amines) is 1. The number of hydrogen-bond donors (Lipinski definition) is 1. The van der Waals surface area contributed by atoms with Crippen LogP contribution in [-0.4, -0.2) is 53.7 Å². The molecule has 6 nitrogen and oxygen atoms in total. The van der Waals surface area contributed by atoms with Crippen molar-refractivity contribution in [3.63, 3.8) is 0 Å². The summed E-state index contributed by atoms with van der Waals surface area (Å²) < 4.78 is 0. The normalized spacial score (nSPS) is 17.2. The van der Waals surface area contributed by atoms with E-state index in [1.807, 2.05) is 18.0 Å². The van der Waals surface area contributed by atoms with Crippen molar-refractivity contribution in [1.29, 1.82) is 0 Å². The van der Waals surface area contributed by atoms with Gasteiger partial charge in [-0.1, -0.05) is 24.3 Å². The maximum atomic E-state index is 12.8. The number of benzene rings is 2. The van der Waals surface area contributed by atoms with Gasteiger partial charge < -0.3 is 10.2 Å². The molecule has 0 aromatic heterocycles. The summed E-state index contributed by atoms with van der Waals surface area (Å²) in [6.45, 7) is 1.62. The summed E-state index contributed by atoms with van der Waals surface area (Å²) in [4.78, 5) is 41.1. The predicted molar refractivity (Wildman–Crippen MR) is 105 cm³/mol. The van der Waals surface area contributed by atoms with Crippen LogP contribution in [0.5, 0.6) is 0 Å². The lowest BCUT2D eigenvalue weighted by Gasteiger charge is -2.32. The van der Waals surface area contributed by atoms with Gasteiger partial charge in [-0.2, -0.15) is 0 Å². The van der Waals surface area contributed by atoms with Gasteiger partial charge in [0.2, 0.25) is 0 Å². The fourth-order valence-electron chi connectivity index (χ4n) is 3.92. The van der Waals surface area contributed by atoms with Gasteiger partial charge in [0.05, 0.1) is 17.7 Å². The molecule has 0 atom stereocenters. The van der Waals surface area contributed by atoms with Crippen molar-refractivity contribution in [2.45, 2.75) is 25.4 Å². The van der Waals surface area contributed by atoms with Crippen molar-refractivity contribution in [2.75, 3.05) is 20.1 Å².